The zero-order chi connectivity index (χ0) is 15.4. The molecule has 1 N–H and O–H groups in total. The Bertz CT molecular complexity index is 739. The van der Waals surface area contributed by atoms with Crippen molar-refractivity contribution in [1.82, 2.24) is 10.1 Å². The van der Waals surface area contributed by atoms with Crippen LogP contribution in [0.5, 0.6) is 5.75 Å². The summed E-state index contributed by atoms with van der Waals surface area (Å²) >= 11 is 0. The van der Waals surface area contributed by atoms with Crippen molar-refractivity contribution in [2.24, 2.45) is 0 Å². The summed E-state index contributed by atoms with van der Waals surface area (Å²) < 4.78 is 23.1. The molecule has 0 aliphatic rings. The van der Waals surface area contributed by atoms with E-state index in [1.165, 1.54) is 12.1 Å². The summed E-state index contributed by atoms with van der Waals surface area (Å²) in [7, 11) is 1.61. The zero-order valence-corrected chi connectivity index (χ0v) is 11.9. The van der Waals surface area contributed by atoms with Gasteiger partial charge in [-0.15, -0.1) is 0 Å². The minimum absolute atomic E-state index is 0.261. The fourth-order valence-electron chi connectivity index (χ4n) is 1.93. The van der Waals surface area contributed by atoms with Gasteiger partial charge in [0.05, 0.1) is 7.11 Å². The fraction of sp³-hybridized carbons (Fsp3) is 0.125. The maximum absolute atomic E-state index is 12.8. The first-order chi connectivity index (χ1) is 10.7. The quantitative estimate of drug-likeness (QED) is 0.781. The number of rotatable bonds is 5. The number of hydrogen-bond acceptors (Lipinski definition) is 5. The van der Waals surface area contributed by atoms with Crippen molar-refractivity contribution in [1.29, 1.82) is 0 Å². The lowest BCUT2D eigenvalue weighted by Gasteiger charge is -2.01. The molecule has 0 atom stereocenters. The zero-order valence-electron chi connectivity index (χ0n) is 11.9. The molecule has 0 amide bonds. The predicted octanol–water partition coefficient (Wildman–Crippen LogP) is 3.50. The Morgan fingerprint density at radius 3 is 2.50 bits per heavy atom. The molecule has 6 heteroatoms. The Kier molecular flexibility index (Phi) is 4.00. The fourth-order valence-corrected chi connectivity index (χ4v) is 1.93. The van der Waals surface area contributed by atoms with Crippen LogP contribution in [-0.2, 0) is 6.54 Å². The summed E-state index contributed by atoms with van der Waals surface area (Å²) in [6.45, 7) is 0.477. The van der Waals surface area contributed by atoms with Crippen LogP contribution in [-0.4, -0.2) is 17.3 Å². The van der Waals surface area contributed by atoms with Gasteiger partial charge in [0.15, 0.2) is 0 Å². The molecular formula is C16H14FN3O2. The van der Waals surface area contributed by atoms with Crippen LogP contribution in [0.25, 0.3) is 11.4 Å². The molecule has 0 aliphatic carbocycles. The third-order valence-electron chi connectivity index (χ3n) is 3.13. The first-order valence-corrected chi connectivity index (χ1v) is 6.71. The average molecular weight is 299 g/mol. The van der Waals surface area contributed by atoms with Crippen LogP contribution in [0.4, 0.5) is 10.4 Å². The molecule has 2 aromatic carbocycles. The van der Waals surface area contributed by atoms with E-state index in [-0.39, 0.29) is 5.82 Å². The summed E-state index contributed by atoms with van der Waals surface area (Å²) in [6, 6.07) is 13.9. The topological polar surface area (TPSA) is 60.2 Å². The number of nitrogens with zero attached hydrogens (tertiary/aromatic N) is 2. The molecule has 0 saturated carbocycles. The lowest BCUT2D eigenvalue weighted by atomic mass is 10.2. The third kappa shape index (κ3) is 3.22. The van der Waals surface area contributed by atoms with E-state index in [0.29, 0.717) is 18.4 Å². The van der Waals surface area contributed by atoms with Crippen LogP contribution >= 0.6 is 0 Å². The van der Waals surface area contributed by atoms with E-state index in [1.54, 1.807) is 19.2 Å². The largest absolute Gasteiger partial charge is 0.497 e. The van der Waals surface area contributed by atoms with Gasteiger partial charge in [0.25, 0.3) is 0 Å². The summed E-state index contributed by atoms with van der Waals surface area (Å²) in [4.78, 5) is 4.26. The van der Waals surface area contributed by atoms with E-state index in [0.717, 1.165) is 16.9 Å². The Hall–Kier alpha value is -2.89. The Morgan fingerprint density at radius 2 is 1.82 bits per heavy atom. The van der Waals surface area contributed by atoms with Crippen LogP contribution in [0.1, 0.15) is 5.56 Å². The molecule has 0 aliphatic heterocycles. The number of anilines is 1. The molecule has 1 heterocycles. The Morgan fingerprint density at radius 1 is 1.09 bits per heavy atom. The van der Waals surface area contributed by atoms with Crippen molar-refractivity contribution in [2.45, 2.75) is 6.54 Å². The Balaban J connectivity index is 1.66. The first kappa shape index (κ1) is 14.1. The molecule has 22 heavy (non-hydrogen) atoms. The normalized spacial score (nSPS) is 10.5. The van der Waals surface area contributed by atoms with Crippen LogP contribution in [0, 0.1) is 5.82 Å². The van der Waals surface area contributed by atoms with Crippen molar-refractivity contribution < 1.29 is 13.7 Å². The highest BCUT2D eigenvalue weighted by molar-refractivity contribution is 5.56. The van der Waals surface area contributed by atoms with Gasteiger partial charge in [0, 0.05) is 12.1 Å². The molecule has 0 bridgehead atoms. The summed E-state index contributed by atoms with van der Waals surface area (Å²) in [6.07, 6.45) is 0. The number of ether oxygens (including phenoxy) is 1. The number of nitrogens with one attached hydrogen (secondary N) is 1. The van der Waals surface area contributed by atoms with Crippen LogP contribution in [0.3, 0.4) is 0 Å². The molecule has 1 aromatic heterocycles. The van der Waals surface area contributed by atoms with Crippen LogP contribution < -0.4 is 10.1 Å². The highest BCUT2D eigenvalue weighted by Crippen LogP contribution is 2.21. The molecule has 0 spiro atoms. The van der Waals surface area contributed by atoms with Crippen molar-refractivity contribution in [2.75, 3.05) is 12.4 Å². The SMILES string of the molecule is COc1ccc(-c2noc(NCc3ccc(F)cc3)n2)cc1. The van der Waals surface area contributed by atoms with Gasteiger partial charge in [0.2, 0.25) is 5.82 Å². The van der Waals surface area contributed by atoms with Crippen LogP contribution in [0.15, 0.2) is 53.1 Å². The standard InChI is InChI=1S/C16H14FN3O2/c1-21-14-8-4-12(5-9-14)15-19-16(22-20-15)18-10-11-2-6-13(17)7-3-11/h2-9H,10H2,1H3,(H,18,19,20). The molecule has 5 nitrogen and oxygen atoms in total. The highest BCUT2D eigenvalue weighted by atomic mass is 19.1. The molecule has 3 aromatic rings. The molecule has 3 rings (SSSR count). The second-order valence-corrected chi connectivity index (χ2v) is 4.63. The average Bonchev–Trinajstić information content (AvgIpc) is 3.03. The van der Waals surface area contributed by atoms with E-state index in [1.807, 2.05) is 24.3 Å². The summed E-state index contributed by atoms with van der Waals surface area (Å²) in [5.74, 6) is 0.995. The van der Waals surface area contributed by atoms with Gasteiger partial charge in [-0.1, -0.05) is 17.3 Å². The van der Waals surface area contributed by atoms with Gasteiger partial charge in [-0.3, -0.25) is 0 Å². The van der Waals surface area contributed by atoms with Crippen LogP contribution in [0.2, 0.25) is 0 Å². The molecular weight excluding hydrogens is 285 g/mol. The molecule has 0 unspecified atom stereocenters. The van der Waals surface area contributed by atoms with Crippen molar-refractivity contribution in [3.8, 4) is 17.1 Å². The number of benzene rings is 2. The smallest absolute Gasteiger partial charge is 0.322 e. The number of halogens is 1. The van der Waals surface area contributed by atoms with Crippen molar-refractivity contribution >= 4 is 6.01 Å². The van der Waals surface area contributed by atoms with E-state index >= 15 is 0 Å². The maximum Gasteiger partial charge on any atom is 0.322 e. The van der Waals surface area contributed by atoms with Gasteiger partial charge in [0.1, 0.15) is 11.6 Å². The second kappa shape index (κ2) is 6.26. The predicted molar refractivity (Wildman–Crippen MR) is 80.0 cm³/mol. The van der Waals surface area contributed by atoms with Gasteiger partial charge in [-0.2, -0.15) is 4.98 Å². The minimum atomic E-state index is -0.261. The lowest BCUT2D eigenvalue weighted by Crippen LogP contribution is -1.99. The van der Waals surface area contributed by atoms with E-state index in [2.05, 4.69) is 15.5 Å². The minimum Gasteiger partial charge on any atom is -0.497 e. The van der Waals surface area contributed by atoms with Crippen molar-refractivity contribution in [3.05, 3.63) is 59.9 Å². The first-order valence-electron chi connectivity index (χ1n) is 6.71. The maximum atomic E-state index is 12.8. The van der Waals surface area contributed by atoms with Gasteiger partial charge >= 0.3 is 6.01 Å². The van der Waals surface area contributed by atoms with E-state index in [9.17, 15) is 4.39 Å². The van der Waals surface area contributed by atoms with Gasteiger partial charge in [-0.05, 0) is 42.0 Å². The third-order valence-corrected chi connectivity index (χ3v) is 3.13. The second-order valence-electron chi connectivity index (χ2n) is 4.63. The number of hydrogen-bond donors (Lipinski definition) is 1. The van der Waals surface area contributed by atoms with Crippen molar-refractivity contribution in [3.63, 3.8) is 0 Å². The molecule has 112 valence electrons. The summed E-state index contributed by atoms with van der Waals surface area (Å²) in [5, 5.41) is 6.92. The van der Waals surface area contributed by atoms with E-state index < -0.39 is 0 Å². The number of aromatic nitrogens is 2. The number of methoxy groups -OCH3 is 1. The lowest BCUT2D eigenvalue weighted by molar-refractivity contribution is 0.415. The molecule has 0 fully saturated rings. The highest BCUT2D eigenvalue weighted by Gasteiger charge is 2.08. The summed E-state index contributed by atoms with van der Waals surface area (Å²) in [5.41, 5.74) is 1.75. The molecule has 0 saturated heterocycles. The Labute approximate surface area is 126 Å². The van der Waals surface area contributed by atoms with Gasteiger partial charge < -0.3 is 14.6 Å². The van der Waals surface area contributed by atoms with Gasteiger partial charge in [-0.25, -0.2) is 4.39 Å². The molecule has 0 radical (unpaired) electrons. The van der Waals surface area contributed by atoms with E-state index in [4.69, 9.17) is 9.26 Å². The monoisotopic (exact) mass is 299 g/mol.